The van der Waals surface area contributed by atoms with E-state index in [-0.39, 0.29) is 0 Å². The lowest BCUT2D eigenvalue weighted by molar-refractivity contribution is 0.468. The number of nitrogens with one attached hydrogen (secondary N) is 1. The normalized spacial score (nSPS) is 21.4. The van der Waals surface area contributed by atoms with Crippen molar-refractivity contribution in [1.29, 1.82) is 0 Å². The summed E-state index contributed by atoms with van der Waals surface area (Å²) in [6.07, 6.45) is 2.25. The smallest absolute Gasteiger partial charge is 0.206 e. The molecule has 2 unspecified atom stereocenters. The number of rotatable bonds is 6. The molecule has 0 saturated heterocycles. The Morgan fingerprint density at radius 1 is 1.40 bits per heavy atom. The average molecular weight is 291 g/mol. The van der Waals surface area contributed by atoms with Crippen molar-refractivity contribution in [2.75, 3.05) is 5.32 Å². The molecular weight excluding hydrogens is 270 g/mol. The lowest BCUT2D eigenvalue weighted by Crippen LogP contribution is -1.97. The second kappa shape index (κ2) is 5.56. The minimum Gasteiger partial charge on any atom is -0.464 e. The van der Waals surface area contributed by atoms with E-state index >= 15 is 0 Å². The summed E-state index contributed by atoms with van der Waals surface area (Å²) in [5.41, 5.74) is 0. The number of hydrogen-bond acceptors (Lipinski definition) is 5. The van der Waals surface area contributed by atoms with Crippen LogP contribution in [0.5, 0.6) is 0 Å². The van der Waals surface area contributed by atoms with Crippen LogP contribution in [0.2, 0.25) is 0 Å². The van der Waals surface area contributed by atoms with E-state index in [1.54, 1.807) is 11.3 Å². The highest BCUT2D eigenvalue weighted by Crippen LogP contribution is 2.47. The van der Waals surface area contributed by atoms with E-state index in [1.165, 1.54) is 6.42 Å². The van der Waals surface area contributed by atoms with E-state index in [0.29, 0.717) is 18.4 Å². The van der Waals surface area contributed by atoms with Gasteiger partial charge in [-0.25, -0.2) is 0 Å². The highest BCUT2D eigenvalue weighted by atomic mass is 32.1. The first-order valence-electron chi connectivity index (χ1n) is 7.26. The van der Waals surface area contributed by atoms with Gasteiger partial charge in [-0.2, -0.15) is 0 Å². The molecule has 4 nitrogen and oxygen atoms in total. The van der Waals surface area contributed by atoms with Gasteiger partial charge in [0.15, 0.2) is 0 Å². The second-order valence-electron chi connectivity index (χ2n) is 6.08. The van der Waals surface area contributed by atoms with Crippen LogP contribution in [0, 0.1) is 11.8 Å². The summed E-state index contributed by atoms with van der Waals surface area (Å²) in [5.74, 6) is 4.14. The Morgan fingerprint density at radius 3 is 2.90 bits per heavy atom. The van der Waals surface area contributed by atoms with Gasteiger partial charge >= 0.3 is 0 Å². The van der Waals surface area contributed by atoms with Crippen LogP contribution in [-0.4, -0.2) is 10.2 Å². The van der Waals surface area contributed by atoms with E-state index in [1.807, 2.05) is 0 Å². The zero-order chi connectivity index (χ0) is 14.1. The zero-order valence-electron chi connectivity index (χ0n) is 12.2. The molecule has 1 N–H and O–H groups in total. The molecule has 2 heterocycles. The molecule has 0 spiro atoms. The number of nitrogens with zero attached hydrogens (tertiary/aromatic N) is 2. The van der Waals surface area contributed by atoms with Gasteiger partial charge < -0.3 is 9.73 Å². The Bertz CT molecular complexity index is 575. The molecule has 1 fully saturated rings. The van der Waals surface area contributed by atoms with Crippen LogP contribution in [-0.2, 0) is 13.0 Å². The molecular formula is C15H21N3OS. The van der Waals surface area contributed by atoms with Crippen molar-refractivity contribution in [2.24, 2.45) is 11.8 Å². The highest BCUT2D eigenvalue weighted by molar-refractivity contribution is 7.15. The lowest BCUT2D eigenvalue weighted by atomic mass is 10.1. The quantitative estimate of drug-likeness (QED) is 0.871. The molecule has 0 aliphatic heterocycles. The van der Waals surface area contributed by atoms with Gasteiger partial charge in [-0.1, -0.05) is 32.1 Å². The minimum absolute atomic E-state index is 0.615. The third-order valence-corrected chi connectivity index (χ3v) is 4.52. The maximum absolute atomic E-state index is 5.87. The predicted molar refractivity (Wildman–Crippen MR) is 81.0 cm³/mol. The molecule has 3 rings (SSSR count). The number of aromatic nitrogens is 2. The van der Waals surface area contributed by atoms with Crippen LogP contribution < -0.4 is 5.32 Å². The predicted octanol–water partition coefficient (Wildman–Crippen LogP) is 4.07. The van der Waals surface area contributed by atoms with Crippen LogP contribution >= 0.6 is 11.3 Å². The first kappa shape index (κ1) is 13.6. The Labute approximate surface area is 123 Å². The molecule has 1 aliphatic rings. The highest BCUT2D eigenvalue weighted by Gasteiger charge is 2.36. The topological polar surface area (TPSA) is 51.0 Å². The second-order valence-corrected chi connectivity index (χ2v) is 7.14. The van der Waals surface area contributed by atoms with Crippen molar-refractivity contribution in [2.45, 2.75) is 46.1 Å². The molecule has 1 aliphatic carbocycles. The van der Waals surface area contributed by atoms with Gasteiger partial charge in [-0.05, 0) is 30.4 Å². The van der Waals surface area contributed by atoms with Crippen molar-refractivity contribution in [1.82, 2.24) is 10.2 Å². The third-order valence-electron chi connectivity index (χ3n) is 3.62. The van der Waals surface area contributed by atoms with Gasteiger partial charge in [-0.15, -0.1) is 10.2 Å². The fraction of sp³-hybridized carbons (Fsp3) is 0.600. The molecule has 20 heavy (non-hydrogen) atoms. The summed E-state index contributed by atoms with van der Waals surface area (Å²) in [6, 6.07) is 4.17. The van der Waals surface area contributed by atoms with Crippen LogP contribution in [0.3, 0.4) is 0 Å². The number of hydrogen-bond donors (Lipinski definition) is 1. The Balaban J connectivity index is 1.53. The van der Waals surface area contributed by atoms with Crippen LogP contribution in [0.4, 0.5) is 5.13 Å². The summed E-state index contributed by atoms with van der Waals surface area (Å²) < 4.78 is 5.87. The first-order chi connectivity index (χ1) is 9.61. The van der Waals surface area contributed by atoms with Crippen LogP contribution in [0.1, 0.15) is 49.6 Å². The molecule has 108 valence electrons. The van der Waals surface area contributed by atoms with Crippen LogP contribution in [0.15, 0.2) is 16.5 Å². The Morgan fingerprint density at radius 2 is 2.20 bits per heavy atom. The maximum atomic E-state index is 5.87. The monoisotopic (exact) mass is 291 g/mol. The molecule has 1 saturated carbocycles. The van der Waals surface area contributed by atoms with Crippen LogP contribution in [0.25, 0.3) is 0 Å². The molecule has 2 aromatic heterocycles. The molecule has 5 heteroatoms. The van der Waals surface area contributed by atoms with Gasteiger partial charge in [0.25, 0.3) is 0 Å². The molecule has 0 amide bonds. The summed E-state index contributed by atoms with van der Waals surface area (Å²) >= 11 is 1.63. The van der Waals surface area contributed by atoms with Crippen molar-refractivity contribution < 1.29 is 4.42 Å². The minimum atomic E-state index is 0.615. The molecule has 0 bridgehead atoms. The standard InChI is InChI=1S/C15H21N3OS/c1-9(2)6-14-17-18-15(20-14)16-8-11-4-5-13(19-11)12-7-10(12)3/h4-5,9-10,12H,6-8H2,1-3H3,(H,16,18). The van der Waals surface area contributed by atoms with Gasteiger partial charge in [0.2, 0.25) is 5.13 Å². The van der Waals surface area contributed by atoms with Crippen molar-refractivity contribution >= 4 is 16.5 Å². The Hall–Kier alpha value is -1.36. The van der Waals surface area contributed by atoms with E-state index in [0.717, 1.165) is 34.0 Å². The van der Waals surface area contributed by atoms with Gasteiger partial charge in [-0.3, -0.25) is 0 Å². The summed E-state index contributed by atoms with van der Waals surface area (Å²) in [5, 5.41) is 13.6. The maximum Gasteiger partial charge on any atom is 0.206 e. The lowest BCUT2D eigenvalue weighted by Gasteiger charge is -1.99. The van der Waals surface area contributed by atoms with Gasteiger partial charge in [0, 0.05) is 12.3 Å². The van der Waals surface area contributed by atoms with Gasteiger partial charge in [0.05, 0.1) is 6.54 Å². The average Bonchev–Trinajstić information content (AvgIpc) is 2.81. The van der Waals surface area contributed by atoms with Crippen molar-refractivity contribution in [3.63, 3.8) is 0 Å². The zero-order valence-corrected chi connectivity index (χ0v) is 13.0. The summed E-state index contributed by atoms with van der Waals surface area (Å²) in [6.45, 7) is 7.33. The summed E-state index contributed by atoms with van der Waals surface area (Å²) in [7, 11) is 0. The fourth-order valence-corrected chi connectivity index (χ4v) is 3.27. The van der Waals surface area contributed by atoms with E-state index in [9.17, 15) is 0 Å². The Kier molecular flexibility index (Phi) is 3.78. The molecule has 0 radical (unpaired) electrons. The first-order valence-corrected chi connectivity index (χ1v) is 8.08. The molecule has 2 atom stereocenters. The fourth-order valence-electron chi connectivity index (χ4n) is 2.33. The third kappa shape index (κ3) is 3.20. The van der Waals surface area contributed by atoms with E-state index < -0.39 is 0 Å². The number of anilines is 1. The molecule has 0 aromatic carbocycles. The SMILES string of the molecule is CC(C)Cc1nnc(NCc2ccc(C3CC3C)o2)s1. The molecule has 2 aromatic rings. The van der Waals surface area contributed by atoms with Gasteiger partial charge in [0.1, 0.15) is 16.5 Å². The van der Waals surface area contributed by atoms with Crippen molar-refractivity contribution in [3.8, 4) is 0 Å². The van der Waals surface area contributed by atoms with E-state index in [2.05, 4.69) is 48.4 Å². The van der Waals surface area contributed by atoms with Crippen molar-refractivity contribution in [3.05, 3.63) is 28.7 Å². The number of furan rings is 1. The largest absolute Gasteiger partial charge is 0.464 e. The summed E-state index contributed by atoms with van der Waals surface area (Å²) in [4.78, 5) is 0. The van der Waals surface area contributed by atoms with E-state index in [4.69, 9.17) is 4.42 Å².